The predicted molar refractivity (Wildman–Crippen MR) is 82.1 cm³/mol. The molecule has 0 fully saturated rings. The first-order valence-corrected chi connectivity index (χ1v) is 8.18. The molecule has 2 aromatic rings. The fraction of sp³-hybridized carbons (Fsp3) is 0.417. The van der Waals surface area contributed by atoms with Gasteiger partial charge in [0.05, 0.1) is 10.6 Å². The summed E-state index contributed by atoms with van der Waals surface area (Å²) in [7, 11) is 0. The lowest BCUT2D eigenvalue weighted by molar-refractivity contribution is -0.127. The molecule has 0 saturated heterocycles. The van der Waals surface area contributed by atoms with Gasteiger partial charge in [-0.1, -0.05) is 17.8 Å². The van der Waals surface area contributed by atoms with E-state index in [0.29, 0.717) is 29.8 Å². The number of thiophene rings is 1. The van der Waals surface area contributed by atoms with Crippen molar-refractivity contribution in [1.29, 1.82) is 0 Å². The molecule has 0 unspecified atom stereocenters. The third-order valence-electron chi connectivity index (χ3n) is 2.85. The van der Waals surface area contributed by atoms with Crippen LogP contribution < -0.4 is 5.84 Å². The number of thioether (sulfide) groups is 1. The van der Waals surface area contributed by atoms with E-state index < -0.39 is 0 Å². The van der Waals surface area contributed by atoms with E-state index in [1.165, 1.54) is 16.4 Å². The molecule has 2 N–H and O–H groups in total. The number of rotatable bonds is 6. The first kappa shape index (κ1) is 14.9. The monoisotopic (exact) mass is 311 g/mol. The topological polar surface area (TPSA) is 77.0 Å². The van der Waals surface area contributed by atoms with Gasteiger partial charge in [-0.2, -0.15) is 0 Å². The molecule has 0 saturated carbocycles. The zero-order valence-electron chi connectivity index (χ0n) is 11.4. The second-order valence-corrected chi connectivity index (χ2v) is 5.90. The molecule has 2 rings (SSSR count). The highest BCUT2D eigenvalue weighted by Crippen LogP contribution is 2.25. The van der Waals surface area contributed by atoms with Crippen molar-refractivity contribution in [2.75, 3.05) is 24.7 Å². The van der Waals surface area contributed by atoms with Crippen molar-refractivity contribution in [2.24, 2.45) is 0 Å². The van der Waals surface area contributed by atoms with E-state index >= 15 is 0 Å². The van der Waals surface area contributed by atoms with Crippen molar-refractivity contribution < 1.29 is 4.79 Å². The molecule has 6 nitrogen and oxygen atoms in total. The number of nitrogen functional groups attached to an aromatic ring is 1. The van der Waals surface area contributed by atoms with E-state index in [1.807, 2.05) is 31.4 Å². The highest BCUT2D eigenvalue weighted by Gasteiger charge is 2.16. The Morgan fingerprint density at radius 1 is 1.45 bits per heavy atom. The Hall–Kier alpha value is -1.54. The lowest BCUT2D eigenvalue weighted by Crippen LogP contribution is -2.32. The minimum absolute atomic E-state index is 0.0840. The van der Waals surface area contributed by atoms with Gasteiger partial charge in [0, 0.05) is 13.1 Å². The largest absolute Gasteiger partial charge is 0.343 e. The maximum Gasteiger partial charge on any atom is 0.233 e. The van der Waals surface area contributed by atoms with Crippen LogP contribution in [-0.2, 0) is 4.79 Å². The molecule has 1 amide bonds. The highest BCUT2D eigenvalue weighted by molar-refractivity contribution is 7.99. The molecule has 0 aliphatic rings. The Labute approximate surface area is 125 Å². The third-order valence-corrected chi connectivity index (χ3v) is 4.64. The van der Waals surface area contributed by atoms with Gasteiger partial charge in [0.25, 0.3) is 0 Å². The number of hydrogen-bond donors (Lipinski definition) is 1. The number of aromatic nitrogens is 3. The third kappa shape index (κ3) is 3.13. The lowest BCUT2D eigenvalue weighted by Gasteiger charge is -2.17. The first-order chi connectivity index (χ1) is 9.67. The van der Waals surface area contributed by atoms with E-state index in [1.54, 1.807) is 16.2 Å². The van der Waals surface area contributed by atoms with Crippen LogP contribution in [0.5, 0.6) is 0 Å². The van der Waals surface area contributed by atoms with Gasteiger partial charge in [0.1, 0.15) is 0 Å². The lowest BCUT2D eigenvalue weighted by atomic mass is 10.4. The van der Waals surface area contributed by atoms with Crippen molar-refractivity contribution in [1.82, 2.24) is 19.8 Å². The van der Waals surface area contributed by atoms with Crippen molar-refractivity contribution >= 4 is 29.0 Å². The van der Waals surface area contributed by atoms with Gasteiger partial charge in [-0.05, 0) is 25.3 Å². The van der Waals surface area contributed by atoms with Crippen LogP contribution in [0, 0.1) is 0 Å². The van der Waals surface area contributed by atoms with Crippen molar-refractivity contribution in [3.05, 3.63) is 17.5 Å². The Balaban J connectivity index is 2.03. The van der Waals surface area contributed by atoms with E-state index in [4.69, 9.17) is 5.84 Å². The maximum atomic E-state index is 11.9. The zero-order valence-corrected chi connectivity index (χ0v) is 13.1. The Morgan fingerprint density at radius 3 is 2.80 bits per heavy atom. The summed E-state index contributed by atoms with van der Waals surface area (Å²) in [6, 6.07) is 3.87. The molecule has 0 spiro atoms. The smallest absolute Gasteiger partial charge is 0.233 e. The summed E-state index contributed by atoms with van der Waals surface area (Å²) in [5.74, 6) is 7.00. The molecule has 2 heterocycles. The van der Waals surface area contributed by atoms with E-state index in [-0.39, 0.29) is 5.91 Å². The van der Waals surface area contributed by atoms with Crippen molar-refractivity contribution in [3.63, 3.8) is 0 Å². The normalized spacial score (nSPS) is 10.7. The quantitative estimate of drug-likeness (QED) is 0.649. The number of carbonyl (C=O) groups is 1. The number of carbonyl (C=O) groups excluding carboxylic acids is 1. The summed E-state index contributed by atoms with van der Waals surface area (Å²) in [6.07, 6.45) is 0. The summed E-state index contributed by atoms with van der Waals surface area (Å²) in [4.78, 5) is 14.7. The Morgan fingerprint density at radius 2 is 2.20 bits per heavy atom. The fourth-order valence-corrected chi connectivity index (χ4v) is 3.21. The molecule has 0 radical (unpaired) electrons. The summed E-state index contributed by atoms with van der Waals surface area (Å²) >= 11 is 2.86. The molecule has 0 aromatic carbocycles. The number of amides is 1. The van der Waals surface area contributed by atoms with Crippen molar-refractivity contribution in [2.45, 2.75) is 19.0 Å². The SMILES string of the molecule is CCN(CC)C(=O)CSc1nnc(-c2cccs2)n1N. The molecule has 0 bridgehead atoms. The van der Waals surface area contributed by atoms with Gasteiger partial charge in [-0.25, -0.2) is 4.68 Å². The van der Waals surface area contributed by atoms with Crippen LogP contribution in [0.2, 0.25) is 0 Å². The summed E-state index contributed by atoms with van der Waals surface area (Å²) in [6.45, 7) is 5.36. The van der Waals surface area contributed by atoms with E-state index in [9.17, 15) is 4.79 Å². The molecule has 0 atom stereocenters. The summed E-state index contributed by atoms with van der Waals surface area (Å²) in [5, 5.41) is 10.6. The molecule has 2 aromatic heterocycles. The average molecular weight is 311 g/mol. The minimum atomic E-state index is 0.0840. The number of hydrogen-bond acceptors (Lipinski definition) is 6. The van der Waals surface area contributed by atoms with Crippen molar-refractivity contribution in [3.8, 4) is 10.7 Å². The predicted octanol–water partition coefficient (Wildman–Crippen LogP) is 1.68. The van der Waals surface area contributed by atoms with Gasteiger partial charge >= 0.3 is 0 Å². The molecule has 0 aliphatic heterocycles. The summed E-state index contributed by atoms with van der Waals surface area (Å²) in [5.41, 5.74) is 0. The zero-order chi connectivity index (χ0) is 14.5. The fourth-order valence-electron chi connectivity index (χ4n) is 1.74. The maximum absolute atomic E-state index is 11.9. The van der Waals surface area contributed by atoms with Crippen LogP contribution in [0.3, 0.4) is 0 Å². The van der Waals surface area contributed by atoms with Crippen LogP contribution in [0.1, 0.15) is 13.8 Å². The summed E-state index contributed by atoms with van der Waals surface area (Å²) < 4.78 is 1.44. The highest BCUT2D eigenvalue weighted by atomic mass is 32.2. The number of nitrogens with zero attached hydrogens (tertiary/aromatic N) is 4. The van der Waals surface area contributed by atoms with E-state index in [0.717, 1.165) is 4.88 Å². The molecular formula is C12H17N5OS2. The molecule has 0 aliphatic carbocycles. The van der Waals surface area contributed by atoms with Crippen LogP contribution in [0.4, 0.5) is 0 Å². The van der Waals surface area contributed by atoms with Crippen LogP contribution in [0.15, 0.2) is 22.7 Å². The van der Waals surface area contributed by atoms with Crippen LogP contribution >= 0.6 is 23.1 Å². The minimum Gasteiger partial charge on any atom is -0.343 e. The van der Waals surface area contributed by atoms with Gasteiger partial charge in [-0.15, -0.1) is 21.5 Å². The molecule has 108 valence electrons. The number of nitrogens with two attached hydrogens (primary N) is 1. The van der Waals surface area contributed by atoms with E-state index in [2.05, 4.69) is 10.2 Å². The second kappa shape index (κ2) is 6.76. The average Bonchev–Trinajstić information content (AvgIpc) is 3.07. The second-order valence-electron chi connectivity index (χ2n) is 4.01. The standard InChI is InChI=1S/C12H17N5OS2/c1-3-16(4-2)10(18)8-20-12-15-14-11(17(12)13)9-6-5-7-19-9/h5-7H,3-4,8,13H2,1-2H3. The Bertz CT molecular complexity index is 562. The van der Waals surface area contributed by atoms with Gasteiger partial charge in [0.2, 0.25) is 11.1 Å². The van der Waals surface area contributed by atoms with Gasteiger partial charge in [-0.3, -0.25) is 4.79 Å². The molecule has 8 heteroatoms. The molecule has 20 heavy (non-hydrogen) atoms. The first-order valence-electron chi connectivity index (χ1n) is 6.32. The van der Waals surface area contributed by atoms with Gasteiger partial charge in [0.15, 0.2) is 5.82 Å². The molecular weight excluding hydrogens is 294 g/mol. The van der Waals surface area contributed by atoms with Crippen LogP contribution in [-0.4, -0.2) is 44.5 Å². The van der Waals surface area contributed by atoms with Gasteiger partial charge < -0.3 is 10.7 Å². The van der Waals surface area contributed by atoms with Crippen LogP contribution in [0.25, 0.3) is 10.7 Å². The Kier molecular flexibility index (Phi) is 5.02.